The van der Waals surface area contributed by atoms with Crippen molar-refractivity contribution in [2.24, 2.45) is 0 Å². The van der Waals surface area contributed by atoms with Gasteiger partial charge in [0.05, 0.1) is 36.3 Å². The third-order valence-corrected chi connectivity index (χ3v) is 8.40. The average Bonchev–Trinajstić information content (AvgIpc) is 3.75. The molecule has 0 amide bonds. The number of carbonyl (C=O) groups is 3. The molecule has 0 aliphatic heterocycles. The molecule has 4 rings (SSSR count). The molecule has 4 heterocycles. The summed E-state index contributed by atoms with van der Waals surface area (Å²) in [6.45, 7) is 16.2. The van der Waals surface area contributed by atoms with Crippen LogP contribution in [0.15, 0.2) is 21.5 Å². The number of nitrogens with zero attached hydrogens (tertiary/aromatic N) is 4. The number of carbonyl (C=O) groups excluding carboxylic acids is 2. The zero-order valence-corrected chi connectivity index (χ0v) is 29.2. The number of ether oxygens (including phenoxy) is 2. The second kappa shape index (κ2) is 21.6. The Morgan fingerprint density at radius 2 is 1.00 bits per heavy atom. The van der Waals surface area contributed by atoms with Gasteiger partial charge in [-0.05, 0) is 31.6 Å². The van der Waals surface area contributed by atoms with Crippen LogP contribution >= 0.6 is 45.3 Å². The maximum absolute atomic E-state index is 11.0. The van der Waals surface area contributed by atoms with E-state index in [-0.39, 0.29) is 29.8 Å². The predicted molar refractivity (Wildman–Crippen MR) is 179 cm³/mol. The maximum Gasteiger partial charge on any atom is 0.367 e. The largest absolute Gasteiger partial charge is 0.870 e. The zero-order chi connectivity index (χ0) is 32.0. The summed E-state index contributed by atoms with van der Waals surface area (Å²) < 4.78 is 9.00. The Morgan fingerprint density at radius 1 is 0.636 bits per heavy atom. The number of aromatic nitrogens is 4. The summed E-state index contributed by atoms with van der Waals surface area (Å²) in [5.41, 5.74) is 3.87. The molecule has 4 aromatic heterocycles. The summed E-state index contributed by atoms with van der Waals surface area (Å²) in [4.78, 5) is 48.4. The molecule has 0 radical (unpaired) electrons. The fourth-order valence-corrected chi connectivity index (χ4v) is 5.76. The van der Waals surface area contributed by atoms with Gasteiger partial charge in [-0.2, -0.15) is 0 Å². The van der Waals surface area contributed by atoms with E-state index in [2.05, 4.69) is 48.6 Å². The van der Waals surface area contributed by atoms with Crippen molar-refractivity contribution in [3.05, 3.63) is 64.3 Å². The number of rotatable bonds is 6. The molecule has 0 fully saturated rings. The first-order valence-corrected chi connectivity index (χ1v) is 16.4. The third kappa shape index (κ3) is 15.1. The summed E-state index contributed by atoms with van der Waals surface area (Å²) >= 11 is 5.52. The van der Waals surface area contributed by atoms with E-state index >= 15 is 0 Å². The Kier molecular flexibility index (Phi) is 21.1. The fourth-order valence-electron chi connectivity index (χ4n) is 2.56. The number of carboxylic acid groups (broad SMARTS) is 1. The number of aryl methyl sites for hydroxylation is 2. The van der Waals surface area contributed by atoms with E-state index in [4.69, 9.17) is 5.11 Å². The molecule has 0 spiro atoms. The van der Waals surface area contributed by atoms with E-state index < -0.39 is 5.97 Å². The molecule has 0 atom stereocenters. The van der Waals surface area contributed by atoms with Crippen molar-refractivity contribution in [3.8, 4) is 0 Å². The molecule has 0 bridgehead atoms. The van der Waals surface area contributed by atoms with Gasteiger partial charge in [0, 0.05) is 27.2 Å². The van der Waals surface area contributed by atoms with E-state index in [1.54, 1.807) is 16.7 Å². The summed E-state index contributed by atoms with van der Waals surface area (Å²) in [5.74, 6) is -0.416. The van der Waals surface area contributed by atoms with Crippen molar-refractivity contribution in [3.63, 3.8) is 0 Å². The zero-order valence-electron chi connectivity index (χ0n) is 25.9. The molecule has 0 unspecified atom stereocenters. The maximum atomic E-state index is 11.0. The summed E-state index contributed by atoms with van der Waals surface area (Å²) in [6.07, 6.45) is 0. The minimum Gasteiger partial charge on any atom is -0.870 e. The van der Waals surface area contributed by atoms with E-state index in [1.807, 2.05) is 52.3 Å². The molecule has 11 nitrogen and oxygen atoms in total. The van der Waals surface area contributed by atoms with Crippen molar-refractivity contribution in [1.82, 2.24) is 19.9 Å². The lowest BCUT2D eigenvalue weighted by molar-refractivity contribution is 0.0591. The van der Waals surface area contributed by atoms with Crippen LogP contribution in [0.5, 0.6) is 0 Å². The lowest BCUT2D eigenvalue weighted by atomic mass is 10.2. The normalized spacial score (nSPS) is 9.75. The van der Waals surface area contributed by atoms with Gasteiger partial charge in [0.2, 0.25) is 15.0 Å². The lowest BCUT2D eigenvalue weighted by Gasteiger charge is -1.96. The highest BCUT2D eigenvalue weighted by atomic mass is 32.1. The van der Waals surface area contributed by atoms with Crippen LogP contribution < -0.4 is 0 Å². The molecule has 0 saturated carbocycles. The molecular formula is C29H43N4O7S4-. The van der Waals surface area contributed by atoms with Gasteiger partial charge in [-0.25, -0.2) is 34.3 Å². The van der Waals surface area contributed by atoms with Crippen LogP contribution in [0, 0.1) is 13.8 Å². The number of esters is 2. The Morgan fingerprint density at radius 3 is 1.27 bits per heavy atom. The average molecular weight is 688 g/mol. The topological polar surface area (TPSA) is 171 Å². The van der Waals surface area contributed by atoms with Gasteiger partial charge < -0.3 is 20.1 Å². The quantitative estimate of drug-likeness (QED) is 0.193. The Bertz CT molecular complexity index is 1410. The van der Waals surface area contributed by atoms with Crippen LogP contribution in [0.3, 0.4) is 0 Å². The van der Waals surface area contributed by atoms with Gasteiger partial charge in [-0.1, -0.05) is 49.0 Å². The minimum absolute atomic E-state index is 0. The van der Waals surface area contributed by atoms with Gasteiger partial charge in [0.1, 0.15) is 0 Å². The Balaban J connectivity index is 0. The molecule has 4 aromatic rings. The highest BCUT2D eigenvalue weighted by molar-refractivity contribution is 7.12. The highest BCUT2D eigenvalue weighted by Crippen LogP contribution is 2.19. The van der Waals surface area contributed by atoms with Crippen molar-refractivity contribution in [2.45, 2.75) is 80.6 Å². The molecule has 0 saturated heterocycles. The van der Waals surface area contributed by atoms with Crippen molar-refractivity contribution >= 4 is 63.3 Å². The minimum atomic E-state index is -0.943. The number of thiazole rings is 4. The smallest absolute Gasteiger partial charge is 0.367 e. The van der Waals surface area contributed by atoms with Gasteiger partial charge in [-0.15, -0.1) is 45.3 Å². The molecular weight excluding hydrogens is 645 g/mol. The highest BCUT2D eigenvalue weighted by Gasteiger charge is 2.12. The van der Waals surface area contributed by atoms with Crippen LogP contribution in [-0.2, 0) is 9.47 Å². The predicted octanol–water partition coefficient (Wildman–Crippen LogP) is 8.29. The van der Waals surface area contributed by atoms with Gasteiger partial charge in [-0.3, -0.25) is 0 Å². The van der Waals surface area contributed by atoms with E-state index in [0.29, 0.717) is 27.8 Å². The molecule has 246 valence electrons. The first-order valence-electron chi connectivity index (χ1n) is 12.8. The second-order valence-electron chi connectivity index (χ2n) is 9.49. The molecule has 2 N–H and O–H groups in total. The lowest BCUT2D eigenvalue weighted by Crippen LogP contribution is -2.00. The third-order valence-electron chi connectivity index (χ3n) is 4.98. The molecule has 0 aromatic carbocycles. The van der Waals surface area contributed by atoms with Crippen molar-refractivity contribution < 1.29 is 34.4 Å². The summed E-state index contributed by atoms with van der Waals surface area (Å²) in [5, 5.41) is 18.3. The van der Waals surface area contributed by atoms with Gasteiger partial charge in [0.15, 0.2) is 0 Å². The van der Waals surface area contributed by atoms with Gasteiger partial charge >= 0.3 is 17.9 Å². The second-order valence-corrected chi connectivity index (χ2v) is 13.1. The first kappa shape index (κ1) is 43.0. The van der Waals surface area contributed by atoms with Crippen LogP contribution in [-0.4, -0.2) is 62.6 Å². The van der Waals surface area contributed by atoms with E-state index in [1.165, 1.54) is 58.9 Å². The monoisotopic (exact) mass is 687 g/mol. The molecule has 0 aliphatic rings. The Hall–Kier alpha value is -3.11. The van der Waals surface area contributed by atoms with Crippen molar-refractivity contribution in [2.75, 3.05) is 14.2 Å². The van der Waals surface area contributed by atoms with Crippen molar-refractivity contribution in [1.29, 1.82) is 0 Å². The summed E-state index contributed by atoms with van der Waals surface area (Å²) in [7, 11) is 2.71. The van der Waals surface area contributed by atoms with E-state index in [0.717, 1.165) is 17.1 Å². The molecule has 44 heavy (non-hydrogen) atoms. The first-order chi connectivity index (χ1) is 19.7. The van der Waals surface area contributed by atoms with Crippen LogP contribution in [0.1, 0.15) is 124 Å². The Labute approximate surface area is 275 Å². The number of hydrogen-bond donors (Lipinski definition) is 1. The standard InChI is InChI=1S/C8H11NO2S.C7H9NO2S.C7H11NS.C6H7NO2S.CH4.H2O/c1-5(2)6-4-12-7(9-6)8(10)11-3;1-4(2)5-3-11-6(8-5)7(9)10;1-5(2)7-4-9-6(3)8-7;1-4-3-10-5(7-4)6(8)9-2;;/h4-5H,1-3H3;3-4H,1-2H3,(H,9,10);4-5H,1-3H3;3H,1-2H3;1H4;1H2/p-1. The fraction of sp³-hybridized carbons (Fsp3) is 0.483. The number of aromatic carboxylic acids is 1. The number of hydrogen-bond acceptors (Lipinski definition) is 14. The van der Waals surface area contributed by atoms with Crippen LogP contribution in [0.25, 0.3) is 0 Å². The summed E-state index contributed by atoms with van der Waals surface area (Å²) in [6, 6.07) is 0. The van der Waals surface area contributed by atoms with Gasteiger partial charge in [0.25, 0.3) is 0 Å². The molecule has 15 heteroatoms. The van der Waals surface area contributed by atoms with Crippen LogP contribution in [0.4, 0.5) is 0 Å². The number of methoxy groups -OCH3 is 2. The molecule has 0 aliphatic carbocycles. The number of carboxylic acids is 1. The van der Waals surface area contributed by atoms with Crippen LogP contribution in [0.2, 0.25) is 0 Å². The van der Waals surface area contributed by atoms with E-state index in [9.17, 15) is 14.4 Å². The SMILES string of the molecule is C.CC(C)c1csc(C(=O)O)n1.COC(=O)c1nc(C(C)C)cs1.COC(=O)c1nc(C)cs1.Cc1nc(C(C)C)cs1.[OH-].